The van der Waals surface area contributed by atoms with Crippen LogP contribution in [-0.2, 0) is 0 Å². The zero-order valence-corrected chi connectivity index (χ0v) is 9.02. The Bertz CT molecular complexity index is 303. The summed E-state index contributed by atoms with van der Waals surface area (Å²) in [5, 5.41) is 10.6. The van der Waals surface area contributed by atoms with Crippen molar-refractivity contribution < 1.29 is 5.06 Å². The van der Waals surface area contributed by atoms with Crippen LogP contribution in [0.25, 0.3) is 4.85 Å². The van der Waals surface area contributed by atoms with Crippen LogP contribution >= 0.6 is 0 Å². The van der Waals surface area contributed by atoms with E-state index in [2.05, 4.69) is 17.5 Å². The van der Waals surface area contributed by atoms with Crippen LogP contribution in [0.3, 0.4) is 0 Å². The normalized spacial score (nSPS) is 13.2. The standard InChI is InChI=1S/C12H17N2O/c1-3-4-5-6-7-8-9-10-11-13-12-14(2)15/h3-9,14H,1,10,12H2,2H3/q+1/b5-4-,7-6-,9-8-. The van der Waals surface area contributed by atoms with Crippen molar-refractivity contribution in [2.45, 2.75) is 6.42 Å². The second-order valence-corrected chi connectivity index (χ2v) is 2.81. The van der Waals surface area contributed by atoms with Gasteiger partial charge >= 0.3 is 6.67 Å². The number of nitrogens with one attached hydrogen (secondary N) is 1. The van der Waals surface area contributed by atoms with Gasteiger partial charge in [-0.1, -0.05) is 49.1 Å². The molecule has 1 atom stereocenters. The number of quaternary nitrogens is 1. The van der Waals surface area contributed by atoms with Crippen molar-refractivity contribution in [2.75, 3.05) is 13.7 Å². The molecule has 0 aromatic carbocycles. The van der Waals surface area contributed by atoms with Gasteiger partial charge in [0.25, 0.3) is 6.07 Å². The van der Waals surface area contributed by atoms with Crippen LogP contribution in [0, 0.1) is 11.3 Å². The minimum absolute atomic E-state index is 0.0564. The molecule has 0 saturated carbocycles. The summed E-state index contributed by atoms with van der Waals surface area (Å²) in [5.41, 5.74) is 0. The summed E-state index contributed by atoms with van der Waals surface area (Å²) < 4.78 is 0. The zero-order valence-electron chi connectivity index (χ0n) is 9.02. The second kappa shape index (κ2) is 10.5. The molecule has 0 spiro atoms. The fourth-order valence-corrected chi connectivity index (χ4v) is 0.702. The average Bonchev–Trinajstić information content (AvgIpc) is 2.20. The molecule has 0 aromatic rings. The van der Waals surface area contributed by atoms with E-state index in [0.29, 0.717) is 6.42 Å². The summed E-state index contributed by atoms with van der Waals surface area (Å²) in [6.45, 7) is 3.78. The molecule has 0 radical (unpaired) electrons. The highest BCUT2D eigenvalue weighted by atomic mass is 16.5. The molecule has 0 aromatic heterocycles. The van der Waals surface area contributed by atoms with Crippen LogP contribution in [0.4, 0.5) is 0 Å². The molecule has 0 saturated heterocycles. The number of rotatable bonds is 5. The lowest BCUT2D eigenvalue weighted by atomic mass is 10.3. The molecule has 0 heterocycles. The van der Waals surface area contributed by atoms with Crippen molar-refractivity contribution in [3.63, 3.8) is 0 Å². The van der Waals surface area contributed by atoms with Crippen LogP contribution < -0.4 is 5.06 Å². The molecule has 3 nitrogen and oxygen atoms in total. The first kappa shape index (κ1) is 13.4. The number of hydrogen-bond donors (Lipinski definition) is 1. The van der Waals surface area contributed by atoms with Gasteiger partial charge in [-0.2, -0.15) is 0 Å². The highest BCUT2D eigenvalue weighted by molar-refractivity contribution is 5.15. The zero-order chi connectivity index (χ0) is 11.4. The van der Waals surface area contributed by atoms with Gasteiger partial charge in [0.1, 0.15) is 6.42 Å². The first-order chi connectivity index (χ1) is 7.27. The van der Waals surface area contributed by atoms with Crippen molar-refractivity contribution in [1.29, 1.82) is 0 Å². The lowest BCUT2D eigenvalue weighted by Crippen LogP contribution is -3.03. The van der Waals surface area contributed by atoms with E-state index >= 15 is 0 Å². The number of allylic oxidation sites excluding steroid dienone is 7. The Morgan fingerprint density at radius 2 is 1.93 bits per heavy atom. The predicted molar refractivity (Wildman–Crippen MR) is 64.6 cm³/mol. The lowest BCUT2D eigenvalue weighted by Gasteiger charge is -2.03. The minimum Gasteiger partial charge on any atom is -0.629 e. The third-order valence-corrected chi connectivity index (χ3v) is 1.34. The van der Waals surface area contributed by atoms with E-state index < -0.39 is 0 Å². The molecule has 1 unspecified atom stereocenters. The van der Waals surface area contributed by atoms with E-state index in [-0.39, 0.29) is 11.7 Å². The van der Waals surface area contributed by atoms with E-state index in [1.807, 2.05) is 36.5 Å². The maximum Gasteiger partial charge on any atom is 0.381 e. The van der Waals surface area contributed by atoms with Crippen LogP contribution in [-0.4, -0.2) is 13.7 Å². The number of nitrogens with zero attached hydrogens (tertiary/aromatic N) is 1. The van der Waals surface area contributed by atoms with Crippen molar-refractivity contribution in [2.24, 2.45) is 0 Å². The minimum atomic E-state index is 0.0564. The van der Waals surface area contributed by atoms with Crippen LogP contribution in [0.5, 0.6) is 0 Å². The Kier molecular flexibility index (Phi) is 9.32. The number of hydrogen-bond acceptors (Lipinski definition) is 1. The number of hydroxylamine groups is 2. The van der Waals surface area contributed by atoms with Gasteiger partial charge in [0, 0.05) is 0 Å². The smallest absolute Gasteiger partial charge is 0.381 e. The molecule has 80 valence electrons. The molecule has 0 bridgehead atoms. The Hall–Kier alpha value is -1.63. The van der Waals surface area contributed by atoms with Gasteiger partial charge in [0.2, 0.25) is 0 Å². The third-order valence-electron chi connectivity index (χ3n) is 1.34. The molecule has 1 N–H and O–H groups in total. The SMILES string of the molecule is C=C\C=C/C=C\C=C/CC#[N+]C[NH+](C)[O-]. The van der Waals surface area contributed by atoms with Gasteiger partial charge in [-0.3, -0.25) is 0 Å². The van der Waals surface area contributed by atoms with Crippen molar-refractivity contribution in [3.8, 4) is 6.07 Å². The molecule has 0 aliphatic rings. The Morgan fingerprint density at radius 3 is 2.60 bits per heavy atom. The molecular weight excluding hydrogens is 188 g/mol. The van der Waals surface area contributed by atoms with Gasteiger partial charge < -0.3 is 10.3 Å². The van der Waals surface area contributed by atoms with E-state index in [1.54, 1.807) is 6.08 Å². The van der Waals surface area contributed by atoms with E-state index in [1.165, 1.54) is 7.05 Å². The van der Waals surface area contributed by atoms with Crippen LogP contribution in [0.1, 0.15) is 6.42 Å². The molecule has 0 amide bonds. The summed E-state index contributed by atoms with van der Waals surface area (Å²) in [7, 11) is 1.51. The van der Waals surface area contributed by atoms with E-state index in [0.717, 1.165) is 0 Å². The van der Waals surface area contributed by atoms with E-state index in [9.17, 15) is 5.21 Å². The molecular formula is C12H17N2O+. The fraction of sp³-hybridized carbons (Fsp3) is 0.250. The summed E-state index contributed by atoms with van der Waals surface area (Å²) in [6, 6.07) is 2.77. The topological polar surface area (TPSA) is 31.9 Å². The molecule has 0 rings (SSSR count). The Balaban J connectivity index is 3.61. The Labute approximate surface area is 91.1 Å². The molecule has 0 fully saturated rings. The predicted octanol–water partition coefficient (Wildman–Crippen LogP) is 1.53. The van der Waals surface area contributed by atoms with Crippen molar-refractivity contribution in [3.05, 3.63) is 59.2 Å². The highest BCUT2D eigenvalue weighted by Crippen LogP contribution is 1.84. The van der Waals surface area contributed by atoms with E-state index in [4.69, 9.17) is 0 Å². The average molecular weight is 205 g/mol. The maximum atomic E-state index is 10.5. The van der Waals surface area contributed by atoms with Crippen molar-refractivity contribution >= 4 is 0 Å². The molecule has 0 aliphatic heterocycles. The van der Waals surface area contributed by atoms with Crippen LogP contribution in [0.2, 0.25) is 0 Å². The van der Waals surface area contributed by atoms with Crippen molar-refractivity contribution in [1.82, 2.24) is 0 Å². The first-order valence-electron chi connectivity index (χ1n) is 4.77. The van der Waals surface area contributed by atoms with Gasteiger partial charge in [-0.15, -0.1) is 0 Å². The van der Waals surface area contributed by atoms with Gasteiger partial charge in [0.05, 0.1) is 7.05 Å². The third kappa shape index (κ3) is 12.4. The van der Waals surface area contributed by atoms with Gasteiger partial charge in [-0.05, 0) is 4.85 Å². The summed E-state index contributed by atoms with van der Waals surface area (Å²) in [4.78, 5) is 3.82. The second-order valence-electron chi connectivity index (χ2n) is 2.81. The fourth-order valence-electron chi connectivity index (χ4n) is 0.702. The maximum absolute atomic E-state index is 10.5. The largest absolute Gasteiger partial charge is 0.629 e. The Morgan fingerprint density at radius 1 is 1.27 bits per heavy atom. The summed E-state index contributed by atoms with van der Waals surface area (Å²) >= 11 is 0. The van der Waals surface area contributed by atoms with Crippen LogP contribution in [0.15, 0.2) is 49.1 Å². The monoisotopic (exact) mass is 205 g/mol. The first-order valence-corrected chi connectivity index (χ1v) is 4.77. The summed E-state index contributed by atoms with van der Waals surface area (Å²) in [5.74, 6) is 0. The van der Waals surface area contributed by atoms with Gasteiger partial charge in [0.15, 0.2) is 0 Å². The molecule has 15 heavy (non-hydrogen) atoms. The van der Waals surface area contributed by atoms with Gasteiger partial charge in [-0.25, -0.2) is 0 Å². The summed E-state index contributed by atoms with van der Waals surface area (Å²) in [6.07, 6.45) is 13.7. The lowest BCUT2D eigenvalue weighted by molar-refractivity contribution is -0.819. The highest BCUT2D eigenvalue weighted by Gasteiger charge is 1.89. The molecule has 0 aliphatic carbocycles. The quantitative estimate of drug-likeness (QED) is 0.536. The molecule has 3 heteroatoms.